The molecule has 2 aromatic carbocycles. The number of hydrogen-bond donors (Lipinski definition) is 3. The van der Waals surface area contributed by atoms with Gasteiger partial charge in [-0.15, -0.1) is 11.8 Å². The quantitative estimate of drug-likeness (QED) is 0.207. The van der Waals surface area contributed by atoms with Crippen LogP contribution < -0.4 is 5.56 Å². The number of aromatic nitrogens is 1. The van der Waals surface area contributed by atoms with E-state index in [-0.39, 0.29) is 43.5 Å². The number of aliphatic hydroxyl groups is 1. The third kappa shape index (κ3) is 7.25. The first-order valence-corrected chi connectivity index (χ1v) is 14.2. The Bertz CT molecular complexity index is 1330. The minimum absolute atomic E-state index is 0.120. The molecule has 3 aromatic rings. The van der Waals surface area contributed by atoms with E-state index in [2.05, 4.69) is 16.8 Å². The largest absolute Gasteiger partial charge is 0.507 e. The van der Waals surface area contributed by atoms with E-state index < -0.39 is 23.4 Å². The van der Waals surface area contributed by atoms with Gasteiger partial charge in [0.2, 0.25) is 0 Å². The number of aromatic amines is 1. The van der Waals surface area contributed by atoms with Gasteiger partial charge in [-0.05, 0) is 87.5 Å². The van der Waals surface area contributed by atoms with E-state index >= 15 is 0 Å². The fourth-order valence-electron chi connectivity index (χ4n) is 4.65. The lowest BCUT2D eigenvalue weighted by Gasteiger charge is -2.22. The monoisotopic (exact) mass is 568 g/mol. The van der Waals surface area contributed by atoms with Crippen LogP contribution in [0.5, 0.6) is 5.75 Å². The fraction of sp³-hybridized carbons (Fsp3) is 0.464. The zero-order valence-electron chi connectivity index (χ0n) is 21.2. The number of aliphatic hydroxyl groups excluding tert-OH is 1. The summed E-state index contributed by atoms with van der Waals surface area (Å²) in [6.07, 6.45) is -0.304. The summed E-state index contributed by atoms with van der Waals surface area (Å²) in [7, 11) is 0. The number of hydrogen-bond acceptors (Lipinski definition) is 5. The average Bonchev–Trinajstić information content (AvgIpc) is 3.67. The number of halogens is 4. The Hall–Kier alpha value is -2.20. The van der Waals surface area contributed by atoms with Crippen LogP contribution in [0.2, 0.25) is 5.02 Å². The molecule has 1 aliphatic rings. The first-order chi connectivity index (χ1) is 18.1. The highest BCUT2D eigenvalue weighted by atomic mass is 35.5. The Labute approximate surface area is 229 Å². The summed E-state index contributed by atoms with van der Waals surface area (Å²) < 4.78 is 40.6. The van der Waals surface area contributed by atoms with Gasteiger partial charge in [0.15, 0.2) is 0 Å². The first-order valence-electron chi connectivity index (χ1n) is 12.9. The molecule has 206 valence electrons. The van der Waals surface area contributed by atoms with Crippen LogP contribution in [-0.2, 0) is 6.18 Å². The molecule has 1 fully saturated rings. The van der Waals surface area contributed by atoms with E-state index in [0.717, 1.165) is 62.3 Å². The van der Waals surface area contributed by atoms with Crippen molar-refractivity contribution in [3.63, 3.8) is 0 Å². The van der Waals surface area contributed by atoms with E-state index in [1.165, 1.54) is 37.1 Å². The summed E-state index contributed by atoms with van der Waals surface area (Å²) in [4.78, 5) is 18.3. The second-order valence-corrected chi connectivity index (χ2v) is 11.4. The van der Waals surface area contributed by atoms with Crippen LogP contribution in [0, 0.1) is 5.92 Å². The van der Waals surface area contributed by atoms with Crippen LogP contribution in [0.1, 0.15) is 44.6 Å². The van der Waals surface area contributed by atoms with Crippen molar-refractivity contribution in [1.29, 1.82) is 0 Å². The van der Waals surface area contributed by atoms with Crippen LogP contribution in [0.15, 0.2) is 46.1 Å². The lowest BCUT2D eigenvalue weighted by Crippen LogP contribution is -2.28. The predicted molar refractivity (Wildman–Crippen MR) is 147 cm³/mol. The third-order valence-corrected chi connectivity index (χ3v) is 8.18. The van der Waals surface area contributed by atoms with Crippen molar-refractivity contribution < 1.29 is 23.4 Å². The van der Waals surface area contributed by atoms with E-state index in [9.17, 15) is 28.2 Å². The molecule has 0 spiro atoms. The van der Waals surface area contributed by atoms with Gasteiger partial charge in [-0.1, -0.05) is 18.5 Å². The molecule has 5 nitrogen and oxygen atoms in total. The van der Waals surface area contributed by atoms with Crippen LogP contribution >= 0.6 is 23.4 Å². The van der Waals surface area contributed by atoms with Crippen molar-refractivity contribution in [2.24, 2.45) is 5.92 Å². The van der Waals surface area contributed by atoms with Crippen molar-refractivity contribution in [3.05, 3.63) is 57.3 Å². The Kier molecular flexibility index (Phi) is 9.34. The van der Waals surface area contributed by atoms with Crippen LogP contribution in [0.3, 0.4) is 0 Å². The number of thioether (sulfide) groups is 1. The normalized spacial score (nSPS) is 14.9. The van der Waals surface area contributed by atoms with Crippen molar-refractivity contribution in [2.45, 2.75) is 56.2 Å². The Morgan fingerprint density at radius 2 is 1.95 bits per heavy atom. The van der Waals surface area contributed by atoms with Gasteiger partial charge in [0, 0.05) is 39.4 Å². The molecule has 1 atom stereocenters. The van der Waals surface area contributed by atoms with Gasteiger partial charge in [-0.2, -0.15) is 13.2 Å². The van der Waals surface area contributed by atoms with Crippen LogP contribution in [0.25, 0.3) is 22.0 Å². The van der Waals surface area contributed by atoms with Crippen LogP contribution in [0.4, 0.5) is 13.2 Å². The highest BCUT2D eigenvalue weighted by molar-refractivity contribution is 7.99. The number of benzene rings is 2. The fourth-order valence-corrected chi connectivity index (χ4v) is 5.90. The van der Waals surface area contributed by atoms with E-state index in [0.29, 0.717) is 6.42 Å². The predicted octanol–water partition coefficient (Wildman–Crippen LogP) is 6.93. The number of H-pyrrole nitrogens is 1. The average molecular weight is 569 g/mol. The number of nitrogens with one attached hydrogen (secondary N) is 1. The van der Waals surface area contributed by atoms with Gasteiger partial charge in [0.05, 0.1) is 16.6 Å². The molecule has 1 unspecified atom stereocenters. The zero-order chi connectivity index (χ0) is 27.4. The molecule has 0 amide bonds. The highest BCUT2D eigenvalue weighted by Gasteiger charge is 2.31. The lowest BCUT2D eigenvalue weighted by molar-refractivity contribution is -0.137. The van der Waals surface area contributed by atoms with E-state index in [1.807, 2.05) is 0 Å². The maximum atomic E-state index is 13.5. The number of rotatable bonds is 12. The lowest BCUT2D eigenvalue weighted by atomic mass is 9.98. The van der Waals surface area contributed by atoms with Crippen molar-refractivity contribution >= 4 is 34.3 Å². The Morgan fingerprint density at radius 3 is 2.63 bits per heavy atom. The number of phenolic OH excluding ortho intramolecular Hbond substituents is 1. The molecule has 0 bridgehead atoms. The summed E-state index contributed by atoms with van der Waals surface area (Å²) in [6, 6.07) is 7.29. The first kappa shape index (κ1) is 28.8. The van der Waals surface area contributed by atoms with Gasteiger partial charge >= 0.3 is 6.18 Å². The number of phenols is 1. The molecular weight excluding hydrogens is 537 g/mol. The number of pyridine rings is 1. The second kappa shape index (κ2) is 12.3. The topological polar surface area (TPSA) is 76.6 Å². The van der Waals surface area contributed by atoms with Gasteiger partial charge < -0.3 is 20.1 Å². The SMILES string of the molecule is CCCN(CCCC(O)CSc1c(-c2cc(Cl)ccc2O)c2cc(C(F)(F)F)ccc2[nH]c1=O)CC1CC1. The smallest absolute Gasteiger partial charge is 0.416 e. The number of nitrogens with zero attached hydrogens (tertiary/aromatic N) is 1. The molecule has 0 radical (unpaired) electrons. The molecule has 0 aliphatic heterocycles. The molecule has 3 N–H and O–H groups in total. The standard InChI is InChI=1S/C28H32ClF3N2O3S/c1-2-11-34(15-17-5-6-17)12-3-4-20(35)16-38-26-25(22-14-19(29)8-10-24(22)36)21-13-18(28(30,31)32)7-9-23(21)33-27(26)37/h7-10,13-14,17,20,35-36H,2-6,11-12,15-16H2,1H3,(H,33,37). The van der Waals surface area contributed by atoms with Gasteiger partial charge in [0.25, 0.3) is 5.56 Å². The van der Waals surface area contributed by atoms with E-state index in [1.54, 1.807) is 0 Å². The molecule has 1 saturated carbocycles. The van der Waals surface area contributed by atoms with Crippen LogP contribution in [-0.4, -0.2) is 51.6 Å². The molecule has 1 aliphatic carbocycles. The van der Waals surface area contributed by atoms with Gasteiger partial charge in [0.1, 0.15) is 5.75 Å². The second-order valence-electron chi connectivity index (χ2n) is 9.93. The van der Waals surface area contributed by atoms with E-state index in [4.69, 9.17) is 11.6 Å². The third-order valence-electron chi connectivity index (χ3n) is 6.71. The summed E-state index contributed by atoms with van der Waals surface area (Å²) in [5, 5.41) is 21.7. The summed E-state index contributed by atoms with van der Waals surface area (Å²) in [5.41, 5.74) is -0.874. The molecular formula is C28H32ClF3N2O3S. The van der Waals surface area contributed by atoms with Gasteiger partial charge in [-0.3, -0.25) is 4.79 Å². The summed E-state index contributed by atoms with van der Waals surface area (Å²) in [5.74, 6) is 0.756. The molecule has 1 aromatic heterocycles. The number of aromatic hydroxyl groups is 1. The number of fused-ring (bicyclic) bond motifs is 1. The highest BCUT2D eigenvalue weighted by Crippen LogP contribution is 2.42. The molecule has 0 saturated heterocycles. The number of alkyl halides is 3. The molecule has 1 heterocycles. The molecule has 10 heteroatoms. The zero-order valence-corrected chi connectivity index (χ0v) is 22.7. The minimum Gasteiger partial charge on any atom is -0.507 e. The van der Waals surface area contributed by atoms with Crippen molar-refractivity contribution in [1.82, 2.24) is 9.88 Å². The minimum atomic E-state index is -4.59. The van der Waals surface area contributed by atoms with Crippen molar-refractivity contribution in [3.8, 4) is 16.9 Å². The summed E-state index contributed by atoms with van der Waals surface area (Å²) in [6.45, 7) is 5.17. The molecule has 38 heavy (non-hydrogen) atoms. The maximum absolute atomic E-state index is 13.5. The summed E-state index contributed by atoms with van der Waals surface area (Å²) >= 11 is 7.22. The molecule has 4 rings (SSSR count). The van der Waals surface area contributed by atoms with Gasteiger partial charge in [-0.25, -0.2) is 0 Å². The Morgan fingerprint density at radius 1 is 1.18 bits per heavy atom. The maximum Gasteiger partial charge on any atom is 0.416 e. The van der Waals surface area contributed by atoms with Crippen molar-refractivity contribution in [2.75, 3.05) is 25.4 Å². The Balaban J connectivity index is 1.60.